The molecule has 0 aliphatic heterocycles. The van der Waals surface area contributed by atoms with Gasteiger partial charge in [0.1, 0.15) is 24.7 Å². The normalized spacial score (nSPS) is 10.2. The number of carboxylic acids is 1. The lowest BCUT2D eigenvalue weighted by Gasteiger charge is -2.11. The second-order valence-corrected chi connectivity index (χ2v) is 4.80. The van der Waals surface area contributed by atoms with Crippen molar-refractivity contribution in [3.05, 3.63) is 59.2 Å². The van der Waals surface area contributed by atoms with Gasteiger partial charge in [0.05, 0.1) is 5.56 Å². The maximum Gasteiger partial charge on any atom is 0.335 e. The van der Waals surface area contributed by atoms with Crippen molar-refractivity contribution < 1.29 is 19.4 Å². The standard InChI is InChI=1S/C17H18O4/c1-12-4-3-5-15(10-12)20-8-9-21-16-7-6-14(17(18)19)11-13(16)2/h3-7,10-11H,8-9H2,1-2H3,(H,18,19). The largest absolute Gasteiger partial charge is 0.490 e. The third kappa shape index (κ3) is 4.24. The molecule has 0 aromatic heterocycles. The Morgan fingerprint density at radius 3 is 2.48 bits per heavy atom. The predicted octanol–water partition coefficient (Wildman–Crippen LogP) is 3.46. The van der Waals surface area contributed by atoms with Crippen LogP contribution < -0.4 is 9.47 Å². The molecule has 21 heavy (non-hydrogen) atoms. The van der Waals surface area contributed by atoms with Gasteiger partial charge in [-0.05, 0) is 55.3 Å². The second kappa shape index (κ2) is 6.79. The number of carboxylic acid groups (broad SMARTS) is 1. The van der Waals surface area contributed by atoms with Crippen LogP contribution in [-0.4, -0.2) is 24.3 Å². The van der Waals surface area contributed by atoms with Gasteiger partial charge in [-0.2, -0.15) is 0 Å². The van der Waals surface area contributed by atoms with Gasteiger partial charge < -0.3 is 14.6 Å². The second-order valence-electron chi connectivity index (χ2n) is 4.80. The highest BCUT2D eigenvalue weighted by molar-refractivity contribution is 5.88. The van der Waals surface area contributed by atoms with Crippen LogP contribution >= 0.6 is 0 Å². The van der Waals surface area contributed by atoms with Gasteiger partial charge in [-0.3, -0.25) is 0 Å². The van der Waals surface area contributed by atoms with E-state index in [0.717, 1.165) is 16.9 Å². The molecule has 2 aromatic rings. The van der Waals surface area contributed by atoms with Crippen LogP contribution in [0.4, 0.5) is 0 Å². The van der Waals surface area contributed by atoms with Crippen molar-refractivity contribution in [3.63, 3.8) is 0 Å². The fourth-order valence-corrected chi connectivity index (χ4v) is 1.96. The highest BCUT2D eigenvalue weighted by Gasteiger charge is 2.06. The summed E-state index contributed by atoms with van der Waals surface area (Å²) in [6, 6.07) is 12.6. The van der Waals surface area contributed by atoms with Gasteiger partial charge in [0.25, 0.3) is 0 Å². The van der Waals surface area contributed by atoms with E-state index < -0.39 is 5.97 Å². The molecule has 0 atom stereocenters. The van der Waals surface area contributed by atoms with Crippen LogP contribution in [0, 0.1) is 13.8 Å². The van der Waals surface area contributed by atoms with E-state index in [-0.39, 0.29) is 5.56 Å². The van der Waals surface area contributed by atoms with E-state index in [1.165, 1.54) is 6.07 Å². The Morgan fingerprint density at radius 2 is 1.81 bits per heavy atom. The zero-order chi connectivity index (χ0) is 15.2. The van der Waals surface area contributed by atoms with Crippen molar-refractivity contribution >= 4 is 5.97 Å². The van der Waals surface area contributed by atoms with E-state index in [9.17, 15) is 4.79 Å². The van der Waals surface area contributed by atoms with Crippen molar-refractivity contribution in [3.8, 4) is 11.5 Å². The predicted molar refractivity (Wildman–Crippen MR) is 80.3 cm³/mol. The first-order chi connectivity index (χ1) is 10.1. The van der Waals surface area contributed by atoms with Crippen molar-refractivity contribution in [1.82, 2.24) is 0 Å². The zero-order valence-electron chi connectivity index (χ0n) is 12.1. The highest BCUT2D eigenvalue weighted by Crippen LogP contribution is 2.19. The van der Waals surface area contributed by atoms with Gasteiger partial charge in [-0.15, -0.1) is 0 Å². The molecule has 0 unspecified atom stereocenters. The molecule has 4 nitrogen and oxygen atoms in total. The van der Waals surface area contributed by atoms with Gasteiger partial charge >= 0.3 is 5.97 Å². The minimum Gasteiger partial charge on any atom is -0.490 e. The summed E-state index contributed by atoms with van der Waals surface area (Å²) in [6.45, 7) is 4.67. The Morgan fingerprint density at radius 1 is 1.05 bits per heavy atom. The van der Waals surface area contributed by atoms with Crippen LogP contribution in [0.1, 0.15) is 21.5 Å². The van der Waals surface area contributed by atoms with Crippen molar-refractivity contribution in [2.45, 2.75) is 13.8 Å². The fraction of sp³-hybridized carbons (Fsp3) is 0.235. The minimum atomic E-state index is -0.938. The lowest BCUT2D eigenvalue weighted by Crippen LogP contribution is -2.10. The number of hydrogen-bond donors (Lipinski definition) is 1. The molecule has 0 spiro atoms. The number of aromatic carboxylic acids is 1. The number of carbonyl (C=O) groups is 1. The third-order valence-electron chi connectivity index (χ3n) is 3.02. The van der Waals surface area contributed by atoms with Crippen LogP contribution in [0.2, 0.25) is 0 Å². The first-order valence-electron chi connectivity index (χ1n) is 6.72. The van der Waals surface area contributed by atoms with Gasteiger partial charge in [-0.25, -0.2) is 4.79 Å². The molecule has 0 radical (unpaired) electrons. The monoisotopic (exact) mass is 286 g/mol. The lowest BCUT2D eigenvalue weighted by atomic mass is 10.1. The summed E-state index contributed by atoms with van der Waals surface area (Å²) >= 11 is 0. The zero-order valence-corrected chi connectivity index (χ0v) is 12.1. The number of hydrogen-bond acceptors (Lipinski definition) is 3. The smallest absolute Gasteiger partial charge is 0.335 e. The third-order valence-corrected chi connectivity index (χ3v) is 3.02. The van der Waals surface area contributed by atoms with Gasteiger partial charge in [0.2, 0.25) is 0 Å². The van der Waals surface area contributed by atoms with Crippen LogP contribution in [0.3, 0.4) is 0 Å². The number of benzene rings is 2. The van der Waals surface area contributed by atoms with Crippen molar-refractivity contribution in [2.75, 3.05) is 13.2 Å². The summed E-state index contributed by atoms with van der Waals surface area (Å²) in [7, 11) is 0. The number of rotatable bonds is 6. The minimum absolute atomic E-state index is 0.260. The van der Waals surface area contributed by atoms with Crippen LogP contribution in [0.25, 0.3) is 0 Å². The topological polar surface area (TPSA) is 55.8 Å². The molecule has 1 N–H and O–H groups in total. The average Bonchev–Trinajstić information content (AvgIpc) is 2.45. The molecule has 0 aliphatic carbocycles. The fourth-order valence-electron chi connectivity index (χ4n) is 1.96. The van der Waals surface area contributed by atoms with Crippen molar-refractivity contribution in [2.24, 2.45) is 0 Å². The Balaban J connectivity index is 1.85. The summed E-state index contributed by atoms with van der Waals surface area (Å²) < 4.78 is 11.2. The molecule has 0 saturated carbocycles. The Kier molecular flexibility index (Phi) is 4.82. The molecule has 0 aliphatic rings. The highest BCUT2D eigenvalue weighted by atomic mass is 16.5. The van der Waals surface area contributed by atoms with E-state index in [0.29, 0.717) is 19.0 Å². The Bertz CT molecular complexity index is 634. The molecule has 2 rings (SSSR count). The van der Waals surface area contributed by atoms with Gasteiger partial charge in [0, 0.05) is 0 Å². The molecular formula is C17H18O4. The van der Waals surface area contributed by atoms with E-state index in [1.807, 2.05) is 38.1 Å². The van der Waals surface area contributed by atoms with Crippen LogP contribution in [0.5, 0.6) is 11.5 Å². The maximum absolute atomic E-state index is 10.8. The maximum atomic E-state index is 10.8. The molecule has 0 amide bonds. The summed E-state index contributed by atoms with van der Waals surface area (Å²) in [5, 5.41) is 8.90. The molecule has 0 saturated heterocycles. The molecule has 4 heteroatoms. The van der Waals surface area contributed by atoms with E-state index in [1.54, 1.807) is 12.1 Å². The molecule has 0 fully saturated rings. The summed E-state index contributed by atoms with van der Waals surface area (Å²) in [4.78, 5) is 10.8. The number of aryl methyl sites for hydroxylation is 2. The lowest BCUT2D eigenvalue weighted by molar-refractivity contribution is 0.0696. The van der Waals surface area contributed by atoms with Gasteiger partial charge in [0.15, 0.2) is 0 Å². The summed E-state index contributed by atoms with van der Waals surface area (Å²) in [6.07, 6.45) is 0. The quantitative estimate of drug-likeness (QED) is 0.826. The van der Waals surface area contributed by atoms with Crippen LogP contribution in [-0.2, 0) is 0 Å². The molecule has 0 bridgehead atoms. The first-order valence-corrected chi connectivity index (χ1v) is 6.72. The number of ether oxygens (including phenoxy) is 2. The van der Waals surface area contributed by atoms with Gasteiger partial charge in [-0.1, -0.05) is 12.1 Å². The first kappa shape index (κ1) is 14.9. The summed E-state index contributed by atoms with van der Waals surface area (Å²) in [5.74, 6) is 0.553. The molecular weight excluding hydrogens is 268 g/mol. The van der Waals surface area contributed by atoms with E-state index >= 15 is 0 Å². The molecule has 2 aromatic carbocycles. The molecule has 0 heterocycles. The average molecular weight is 286 g/mol. The Hall–Kier alpha value is -2.49. The van der Waals surface area contributed by atoms with E-state index in [2.05, 4.69) is 0 Å². The van der Waals surface area contributed by atoms with E-state index in [4.69, 9.17) is 14.6 Å². The van der Waals surface area contributed by atoms with Crippen molar-refractivity contribution in [1.29, 1.82) is 0 Å². The van der Waals surface area contributed by atoms with Crippen LogP contribution in [0.15, 0.2) is 42.5 Å². The summed E-state index contributed by atoms with van der Waals surface area (Å²) in [5.41, 5.74) is 2.20. The SMILES string of the molecule is Cc1cccc(OCCOc2ccc(C(=O)O)cc2C)c1. The Labute approximate surface area is 123 Å². The molecule has 110 valence electrons.